The molecule has 0 spiro atoms. The molecule has 140 valence electrons. The molecule has 0 bridgehead atoms. The third-order valence-electron chi connectivity index (χ3n) is 3.71. The molecule has 6 nitrogen and oxygen atoms in total. The summed E-state index contributed by atoms with van der Waals surface area (Å²) in [4.78, 5) is 13.7. The molecular formula is C16H22Cl2N2O4S. The molecule has 9 heteroatoms. The average molecular weight is 409 g/mol. The van der Waals surface area contributed by atoms with Gasteiger partial charge >= 0.3 is 6.09 Å². The number of rotatable bonds is 3. The van der Waals surface area contributed by atoms with Gasteiger partial charge in [-0.05, 0) is 52.3 Å². The monoisotopic (exact) mass is 408 g/mol. The van der Waals surface area contributed by atoms with Crippen molar-refractivity contribution in [2.45, 2.75) is 56.7 Å². The number of carbonyl (C=O) groups is 1. The minimum Gasteiger partial charge on any atom is -0.444 e. The van der Waals surface area contributed by atoms with Gasteiger partial charge in [-0.2, -0.15) is 0 Å². The number of sulfonamides is 1. The first-order chi connectivity index (χ1) is 11.4. The van der Waals surface area contributed by atoms with Crippen molar-refractivity contribution in [1.29, 1.82) is 0 Å². The molecular weight excluding hydrogens is 387 g/mol. The molecule has 0 radical (unpaired) electrons. The third-order valence-corrected chi connectivity index (χ3v) is 5.94. The zero-order valence-corrected chi connectivity index (χ0v) is 16.9. The summed E-state index contributed by atoms with van der Waals surface area (Å²) in [5.74, 6) is 0. The van der Waals surface area contributed by atoms with Crippen LogP contribution in [0.25, 0.3) is 0 Å². The molecule has 1 aromatic rings. The molecule has 0 aliphatic carbocycles. The molecule has 1 heterocycles. The number of ether oxygens (including phenoxy) is 1. The van der Waals surface area contributed by atoms with Crippen molar-refractivity contribution in [3.63, 3.8) is 0 Å². The summed E-state index contributed by atoms with van der Waals surface area (Å²) in [7, 11) is -3.85. The van der Waals surface area contributed by atoms with Crippen molar-refractivity contribution in [2.75, 3.05) is 6.54 Å². The lowest BCUT2D eigenvalue weighted by atomic mass is 10.2. The Bertz CT molecular complexity index is 762. The number of hydrogen-bond acceptors (Lipinski definition) is 4. The van der Waals surface area contributed by atoms with Gasteiger partial charge in [-0.15, -0.1) is 0 Å². The molecule has 0 saturated carbocycles. The zero-order valence-electron chi connectivity index (χ0n) is 14.5. The Morgan fingerprint density at radius 1 is 1.32 bits per heavy atom. The van der Waals surface area contributed by atoms with Crippen LogP contribution in [0.2, 0.25) is 10.0 Å². The second kappa shape index (κ2) is 7.31. The van der Waals surface area contributed by atoms with E-state index < -0.39 is 27.8 Å². The van der Waals surface area contributed by atoms with E-state index in [2.05, 4.69) is 4.72 Å². The number of nitrogens with one attached hydrogen (secondary N) is 1. The summed E-state index contributed by atoms with van der Waals surface area (Å²) in [5, 5.41) is 0.367. The van der Waals surface area contributed by atoms with Gasteiger partial charge in [0.25, 0.3) is 0 Å². The van der Waals surface area contributed by atoms with Crippen LogP contribution < -0.4 is 4.72 Å². The molecule has 2 rings (SSSR count). The first-order valence-corrected chi connectivity index (χ1v) is 10.1. The topological polar surface area (TPSA) is 75.7 Å². The van der Waals surface area contributed by atoms with Crippen LogP contribution in [0.5, 0.6) is 0 Å². The van der Waals surface area contributed by atoms with Crippen molar-refractivity contribution >= 4 is 39.3 Å². The van der Waals surface area contributed by atoms with Gasteiger partial charge in [0.1, 0.15) is 10.5 Å². The van der Waals surface area contributed by atoms with Crippen molar-refractivity contribution < 1.29 is 17.9 Å². The average Bonchev–Trinajstić information content (AvgIpc) is 2.79. The summed E-state index contributed by atoms with van der Waals surface area (Å²) >= 11 is 11.9. The Kier molecular flexibility index (Phi) is 5.93. The van der Waals surface area contributed by atoms with Crippen molar-refractivity contribution in [1.82, 2.24) is 9.62 Å². The van der Waals surface area contributed by atoms with E-state index in [1.165, 1.54) is 23.1 Å². The van der Waals surface area contributed by atoms with Gasteiger partial charge in [0, 0.05) is 23.7 Å². The first-order valence-electron chi connectivity index (χ1n) is 7.86. The van der Waals surface area contributed by atoms with Gasteiger partial charge in [0.15, 0.2) is 0 Å². The number of amides is 1. The fourth-order valence-electron chi connectivity index (χ4n) is 2.66. The van der Waals surface area contributed by atoms with E-state index in [0.29, 0.717) is 6.42 Å². The van der Waals surface area contributed by atoms with E-state index in [1.54, 1.807) is 20.8 Å². The molecule has 1 N–H and O–H groups in total. The molecule has 1 aromatic carbocycles. The fourth-order valence-corrected chi connectivity index (χ4v) is 4.66. The second-order valence-electron chi connectivity index (χ2n) is 7.11. The predicted octanol–water partition coefficient (Wildman–Crippen LogP) is 3.67. The van der Waals surface area contributed by atoms with Gasteiger partial charge in [-0.1, -0.05) is 23.2 Å². The highest BCUT2D eigenvalue weighted by Crippen LogP contribution is 2.27. The SMILES string of the molecule is C[C@H]1C[C@@H](NS(=O)(=O)c2cc(Cl)ccc2Cl)CN1C(=O)OC(C)(C)C. The smallest absolute Gasteiger partial charge is 0.410 e. The highest BCUT2D eigenvalue weighted by molar-refractivity contribution is 7.89. The van der Waals surface area contributed by atoms with Crippen molar-refractivity contribution in [3.05, 3.63) is 28.2 Å². The summed E-state index contributed by atoms with van der Waals surface area (Å²) in [5.41, 5.74) is -0.608. The van der Waals surface area contributed by atoms with Crippen LogP contribution in [0.15, 0.2) is 23.1 Å². The normalized spacial score (nSPS) is 21.4. The van der Waals surface area contributed by atoms with Crippen molar-refractivity contribution in [2.24, 2.45) is 0 Å². The Balaban J connectivity index is 2.11. The van der Waals surface area contributed by atoms with Crippen LogP contribution in [0.3, 0.4) is 0 Å². The van der Waals surface area contributed by atoms with Crippen LogP contribution in [0.1, 0.15) is 34.1 Å². The summed E-state index contributed by atoms with van der Waals surface area (Å²) in [6, 6.07) is 3.68. The lowest BCUT2D eigenvalue weighted by molar-refractivity contribution is 0.0236. The molecule has 1 amide bonds. The molecule has 0 unspecified atom stereocenters. The number of hydrogen-bond donors (Lipinski definition) is 1. The van der Waals surface area contributed by atoms with Crippen LogP contribution in [-0.4, -0.2) is 43.6 Å². The van der Waals surface area contributed by atoms with Crippen molar-refractivity contribution in [3.8, 4) is 0 Å². The Labute approximate surface area is 158 Å². The van der Waals surface area contributed by atoms with E-state index in [9.17, 15) is 13.2 Å². The molecule has 1 saturated heterocycles. The van der Waals surface area contributed by atoms with E-state index in [1.807, 2.05) is 6.92 Å². The number of likely N-dealkylation sites (tertiary alicyclic amines) is 1. The quantitative estimate of drug-likeness (QED) is 0.827. The maximum absolute atomic E-state index is 12.6. The second-order valence-corrected chi connectivity index (χ2v) is 9.64. The predicted molar refractivity (Wildman–Crippen MR) is 97.6 cm³/mol. The minimum atomic E-state index is -3.85. The highest BCUT2D eigenvalue weighted by Gasteiger charge is 2.37. The van der Waals surface area contributed by atoms with Gasteiger partial charge in [0.2, 0.25) is 10.0 Å². The van der Waals surface area contributed by atoms with E-state index in [-0.39, 0.29) is 27.5 Å². The van der Waals surface area contributed by atoms with E-state index in [0.717, 1.165) is 0 Å². The summed E-state index contributed by atoms with van der Waals surface area (Å²) in [6.07, 6.45) is 0.0268. The number of benzene rings is 1. The fraction of sp³-hybridized carbons (Fsp3) is 0.562. The lowest BCUT2D eigenvalue weighted by Gasteiger charge is -2.26. The Hall–Kier alpha value is -1.02. The molecule has 0 aromatic heterocycles. The first kappa shape index (κ1) is 20.3. The molecule has 25 heavy (non-hydrogen) atoms. The van der Waals surface area contributed by atoms with Gasteiger partial charge in [-0.25, -0.2) is 17.9 Å². The third kappa shape index (κ3) is 5.23. The lowest BCUT2D eigenvalue weighted by Crippen LogP contribution is -2.41. The van der Waals surface area contributed by atoms with Gasteiger partial charge in [0.05, 0.1) is 5.02 Å². The maximum atomic E-state index is 12.6. The number of nitrogens with zero attached hydrogens (tertiary/aromatic N) is 1. The van der Waals surface area contributed by atoms with Crippen LogP contribution >= 0.6 is 23.2 Å². The van der Waals surface area contributed by atoms with Crippen LogP contribution in [0, 0.1) is 0 Å². The molecule has 2 atom stereocenters. The highest BCUT2D eigenvalue weighted by atomic mass is 35.5. The summed E-state index contributed by atoms with van der Waals surface area (Å²) in [6.45, 7) is 7.44. The van der Waals surface area contributed by atoms with Crippen LogP contribution in [-0.2, 0) is 14.8 Å². The number of carbonyl (C=O) groups excluding carboxylic acids is 1. The molecule has 1 aliphatic heterocycles. The molecule has 1 aliphatic rings. The largest absolute Gasteiger partial charge is 0.444 e. The van der Waals surface area contributed by atoms with E-state index >= 15 is 0 Å². The maximum Gasteiger partial charge on any atom is 0.410 e. The standard InChI is InChI=1S/C16H22Cl2N2O4S/c1-10-7-12(9-20(10)15(21)24-16(2,3)4)19-25(22,23)14-8-11(17)5-6-13(14)18/h5-6,8,10,12,19H,7,9H2,1-4H3/t10-,12+/m0/s1. The van der Waals surface area contributed by atoms with Crippen LogP contribution in [0.4, 0.5) is 4.79 Å². The summed E-state index contributed by atoms with van der Waals surface area (Å²) < 4.78 is 33.1. The number of halogens is 2. The Morgan fingerprint density at radius 2 is 1.96 bits per heavy atom. The molecule has 1 fully saturated rings. The van der Waals surface area contributed by atoms with Gasteiger partial charge < -0.3 is 9.64 Å². The minimum absolute atomic E-state index is 0.0787. The van der Waals surface area contributed by atoms with E-state index in [4.69, 9.17) is 27.9 Å². The van der Waals surface area contributed by atoms with Gasteiger partial charge in [-0.3, -0.25) is 0 Å². The Morgan fingerprint density at radius 3 is 2.56 bits per heavy atom. The zero-order chi connectivity index (χ0) is 19.0.